The number of halogens is 2. The second kappa shape index (κ2) is 7.35. The fourth-order valence-electron chi connectivity index (χ4n) is 2.75. The normalized spacial score (nSPS) is 22.4. The molecule has 0 saturated heterocycles. The molecule has 0 aromatic heterocycles. The van der Waals surface area contributed by atoms with Gasteiger partial charge < -0.3 is 5.32 Å². The minimum Gasteiger partial charge on any atom is -0.385 e. The van der Waals surface area contributed by atoms with E-state index in [2.05, 4.69) is 10.0 Å². The number of rotatable bonds is 5. The monoisotopic (exact) mass is 360 g/mol. The van der Waals surface area contributed by atoms with Crippen molar-refractivity contribution in [3.05, 3.63) is 29.8 Å². The van der Waals surface area contributed by atoms with E-state index in [0.717, 1.165) is 37.8 Å². The summed E-state index contributed by atoms with van der Waals surface area (Å²) in [6, 6.07) is 3.75. The van der Waals surface area contributed by atoms with Crippen LogP contribution in [-0.4, -0.2) is 25.8 Å². The molecule has 1 aliphatic carbocycles. The maximum absolute atomic E-state index is 13.2. The topological polar surface area (TPSA) is 58.2 Å². The standard InChI is InChI=1S/C17H26F2N2O2S/c1-17(2,3)24(22,23)21-13-6-4-12(5-7-13)11-20-14-8-9-15(18)16(19)10-14/h8-10,12-13,20-21H,4-7,11H2,1-3H3. The van der Waals surface area contributed by atoms with Crippen LogP contribution in [0.25, 0.3) is 0 Å². The lowest BCUT2D eigenvalue weighted by Gasteiger charge is -2.31. The number of anilines is 1. The Morgan fingerprint density at radius 1 is 1.08 bits per heavy atom. The van der Waals surface area contributed by atoms with E-state index in [1.807, 2.05) is 0 Å². The minimum atomic E-state index is -3.32. The second-order valence-corrected chi connectivity index (χ2v) is 9.93. The predicted octanol–water partition coefficient (Wildman–Crippen LogP) is 3.65. The van der Waals surface area contributed by atoms with Crippen LogP contribution in [0, 0.1) is 17.6 Å². The highest BCUT2D eigenvalue weighted by molar-refractivity contribution is 7.90. The zero-order valence-corrected chi connectivity index (χ0v) is 15.2. The first-order valence-electron chi connectivity index (χ1n) is 8.29. The average molecular weight is 360 g/mol. The molecular weight excluding hydrogens is 334 g/mol. The molecule has 2 rings (SSSR count). The molecule has 2 N–H and O–H groups in total. The number of hydrogen-bond donors (Lipinski definition) is 2. The minimum absolute atomic E-state index is 0.0197. The van der Waals surface area contributed by atoms with Crippen LogP contribution in [0.2, 0.25) is 0 Å². The van der Waals surface area contributed by atoms with Crippen LogP contribution in [0.5, 0.6) is 0 Å². The highest BCUT2D eigenvalue weighted by Gasteiger charge is 2.32. The van der Waals surface area contributed by atoms with Gasteiger partial charge in [-0.15, -0.1) is 0 Å². The van der Waals surface area contributed by atoms with Gasteiger partial charge in [-0.25, -0.2) is 21.9 Å². The highest BCUT2D eigenvalue weighted by atomic mass is 32.2. The SMILES string of the molecule is CC(C)(C)S(=O)(=O)NC1CCC(CNc2ccc(F)c(F)c2)CC1. The Morgan fingerprint density at radius 2 is 1.71 bits per heavy atom. The van der Waals surface area contributed by atoms with Gasteiger partial charge in [-0.3, -0.25) is 0 Å². The molecule has 7 heteroatoms. The maximum atomic E-state index is 13.2. The molecule has 0 unspecified atom stereocenters. The van der Waals surface area contributed by atoms with E-state index in [9.17, 15) is 17.2 Å². The van der Waals surface area contributed by atoms with Crippen molar-refractivity contribution in [1.29, 1.82) is 0 Å². The van der Waals surface area contributed by atoms with E-state index >= 15 is 0 Å². The van der Waals surface area contributed by atoms with Crippen molar-refractivity contribution < 1.29 is 17.2 Å². The summed E-state index contributed by atoms with van der Waals surface area (Å²) in [6.07, 6.45) is 3.38. The molecule has 0 heterocycles. The van der Waals surface area contributed by atoms with Crippen molar-refractivity contribution in [2.75, 3.05) is 11.9 Å². The Balaban J connectivity index is 1.80. The number of sulfonamides is 1. The van der Waals surface area contributed by atoms with Gasteiger partial charge in [0, 0.05) is 18.3 Å². The van der Waals surface area contributed by atoms with Crippen molar-refractivity contribution in [2.24, 2.45) is 5.92 Å². The molecular formula is C17H26F2N2O2S. The van der Waals surface area contributed by atoms with Crippen molar-refractivity contribution >= 4 is 15.7 Å². The molecule has 0 spiro atoms. The second-order valence-electron chi connectivity index (χ2n) is 7.46. The van der Waals surface area contributed by atoms with Gasteiger partial charge in [0.25, 0.3) is 0 Å². The lowest BCUT2D eigenvalue weighted by atomic mass is 9.86. The third kappa shape index (κ3) is 4.89. The summed E-state index contributed by atoms with van der Waals surface area (Å²) in [5.41, 5.74) is 0.560. The van der Waals surface area contributed by atoms with Gasteiger partial charge in [-0.1, -0.05) is 0 Å². The van der Waals surface area contributed by atoms with E-state index in [1.54, 1.807) is 20.8 Å². The molecule has 0 atom stereocenters. The lowest BCUT2D eigenvalue weighted by Crippen LogP contribution is -2.46. The Hall–Kier alpha value is -1.21. The summed E-state index contributed by atoms with van der Waals surface area (Å²) >= 11 is 0. The maximum Gasteiger partial charge on any atom is 0.216 e. The Morgan fingerprint density at radius 3 is 2.25 bits per heavy atom. The van der Waals surface area contributed by atoms with E-state index in [-0.39, 0.29) is 6.04 Å². The summed E-state index contributed by atoms with van der Waals surface area (Å²) < 4.78 is 52.4. The molecule has 1 saturated carbocycles. The molecule has 24 heavy (non-hydrogen) atoms. The van der Waals surface area contributed by atoms with Gasteiger partial charge in [-0.2, -0.15) is 0 Å². The van der Waals surface area contributed by atoms with Crippen molar-refractivity contribution in [3.63, 3.8) is 0 Å². The summed E-state index contributed by atoms with van der Waals surface area (Å²) in [5, 5.41) is 3.12. The quantitative estimate of drug-likeness (QED) is 0.843. The van der Waals surface area contributed by atoms with E-state index in [4.69, 9.17) is 0 Å². The summed E-state index contributed by atoms with van der Waals surface area (Å²) in [5.74, 6) is -1.32. The molecule has 0 radical (unpaired) electrons. The number of benzene rings is 1. The molecule has 1 aliphatic rings. The smallest absolute Gasteiger partial charge is 0.216 e. The number of nitrogens with one attached hydrogen (secondary N) is 2. The van der Waals surface area contributed by atoms with Crippen LogP contribution in [0.15, 0.2) is 18.2 Å². The molecule has 1 aromatic rings. The number of hydrogen-bond acceptors (Lipinski definition) is 3. The van der Waals surface area contributed by atoms with E-state index in [1.165, 1.54) is 6.07 Å². The van der Waals surface area contributed by atoms with Crippen LogP contribution < -0.4 is 10.0 Å². The van der Waals surface area contributed by atoms with Crippen molar-refractivity contribution in [1.82, 2.24) is 4.72 Å². The predicted molar refractivity (Wildman–Crippen MR) is 92.4 cm³/mol. The molecule has 0 aliphatic heterocycles. The van der Waals surface area contributed by atoms with Crippen LogP contribution in [0.3, 0.4) is 0 Å². The van der Waals surface area contributed by atoms with Gasteiger partial charge in [0.2, 0.25) is 10.0 Å². The Kier molecular flexibility index (Phi) is 5.86. The van der Waals surface area contributed by atoms with Gasteiger partial charge in [0.1, 0.15) is 0 Å². The zero-order valence-electron chi connectivity index (χ0n) is 14.4. The molecule has 4 nitrogen and oxygen atoms in total. The van der Waals surface area contributed by atoms with Crippen LogP contribution in [0.4, 0.5) is 14.5 Å². The molecule has 136 valence electrons. The van der Waals surface area contributed by atoms with Crippen LogP contribution >= 0.6 is 0 Å². The van der Waals surface area contributed by atoms with E-state index < -0.39 is 26.4 Å². The fourth-order valence-corrected chi connectivity index (χ4v) is 3.78. The van der Waals surface area contributed by atoms with E-state index in [0.29, 0.717) is 18.2 Å². The average Bonchev–Trinajstić information content (AvgIpc) is 2.48. The first-order chi connectivity index (χ1) is 11.1. The van der Waals surface area contributed by atoms with Crippen molar-refractivity contribution in [2.45, 2.75) is 57.2 Å². The molecule has 1 aromatic carbocycles. The van der Waals surface area contributed by atoms with Crippen LogP contribution in [0.1, 0.15) is 46.5 Å². The molecule has 0 bridgehead atoms. The third-order valence-corrected chi connectivity index (χ3v) is 6.75. The summed E-state index contributed by atoms with van der Waals surface area (Å²) in [6.45, 7) is 5.73. The highest BCUT2D eigenvalue weighted by Crippen LogP contribution is 2.27. The molecule has 0 amide bonds. The zero-order chi connectivity index (χ0) is 18.0. The first-order valence-corrected chi connectivity index (χ1v) is 9.77. The first kappa shape index (κ1) is 19.1. The summed E-state index contributed by atoms with van der Waals surface area (Å²) in [4.78, 5) is 0. The largest absolute Gasteiger partial charge is 0.385 e. The van der Waals surface area contributed by atoms with Crippen molar-refractivity contribution in [3.8, 4) is 0 Å². The van der Waals surface area contributed by atoms with Gasteiger partial charge >= 0.3 is 0 Å². The third-order valence-electron chi connectivity index (χ3n) is 4.49. The van der Waals surface area contributed by atoms with Gasteiger partial charge in [0.05, 0.1) is 4.75 Å². The van der Waals surface area contributed by atoms with Gasteiger partial charge in [-0.05, 0) is 70.6 Å². The van der Waals surface area contributed by atoms with Crippen LogP contribution in [-0.2, 0) is 10.0 Å². The Labute approximate surface area is 143 Å². The lowest BCUT2D eigenvalue weighted by molar-refractivity contribution is 0.322. The van der Waals surface area contributed by atoms with Gasteiger partial charge in [0.15, 0.2) is 11.6 Å². The molecule has 1 fully saturated rings. The Bertz CT molecular complexity index is 664. The fraction of sp³-hybridized carbons (Fsp3) is 0.647. The summed E-state index contributed by atoms with van der Waals surface area (Å²) in [7, 11) is -3.32.